The average Bonchev–Trinajstić information content (AvgIpc) is 3.38. The Hall–Kier alpha value is -4.61. The van der Waals surface area contributed by atoms with E-state index < -0.39 is 0 Å². The topological polar surface area (TPSA) is 165 Å². The molecule has 0 aliphatic carbocycles. The number of hydrazone groups is 1. The van der Waals surface area contributed by atoms with Crippen molar-refractivity contribution >= 4 is 23.7 Å². The lowest BCUT2D eigenvalue weighted by atomic mass is 10.1. The zero-order valence-electron chi connectivity index (χ0n) is 14.8. The van der Waals surface area contributed by atoms with Crippen molar-refractivity contribution in [3.63, 3.8) is 0 Å². The Morgan fingerprint density at radius 2 is 1.97 bits per heavy atom. The number of aromatic nitrogens is 5. The molecular weight excluding hydrogens is 376 g/mol. The van der Waals surface area contributed by atoms with Crippen LogP contribution in [0, 0.1) is 0 Å². The summed E-state index contributed by atoms with van der Waals surface area (Å²) in [6, 6.07) is 14.0. The van der Waals surface area contributed by atoms with Crippen LogP contribution >= 0.6 is 0 Å². The summed E-state index contributed by atoms with van der Waals surface area (Å²) in [5.74, 6) is 6.06. The van der Waals surface area contributed by atoms with Crippen LogP contribution in [-0.4, -0.2) is 36.5 Å². The van der Waals surface area contributed by atoms with Crippen molar-refractivity contribution in [1.29, 1.82) is 0 Å². The van der Waals surface area contributed by atoms with Crippen molar-refractivity contribution in [2.45, 2.75) is 0 Å². The van der Waals surface area contributed by atoms with E-state index in [4.69, 9.17) is 10.5 Å². The molecule has 0 spiro atoms. The predicted octanol–water partition coefficient (Wildman–Crippen LogP) is 2.61. The summed E-state index contributed by atoms with van der Waals surface area (Å²) in [7, 11) is 0. The van der Waals surface area contributed by atoms with Crippen molar-refractivity contribution in [3.8, 4) is 17.0 Å². The van der Waals surface area contributed by atoms with Gasteiger partial charge in [0.15, 0.2) is 5.69 Å². The highest BCUT2D eigenvalue weighted by molar-refractivity contribution is 5.85. The molecule has 0 unspecified atom stereocenters. The van der Waals surface area contributed by atoms with Crippen LogP contribution in [-0.2, 0) is 0 Å². The second-order valence-corrected chi connectivity index (χ2v) is 5.68. The zero-order valence-corrected chi connectivity index (χ0v) is 14.8. The Balaban J connectivity index is 1.52. The number of nitrogens with one attached hydrogen (secondary N) is 1. The number of nitrogens with two attached hydrogens (primary N) is 1. The number of azo groups is 1. The van der Waals surface area contributed by atoms with E-state index in [9.17, 15) is 5.11 Å². The van der Waals surface area contributed by atoms with Gasteiger partial charge in [0.1, 0.15) is 12.1 Å². The number of aromatic hydroxyl groups is 1. The Kier molecular flexibility index (Phi) is 4.88. The zero-order chi connectivity index (χ0) is 20.1. The second-order valence-electron chi connectivity index (χ2n) is 5.68. The van der Waals surface area contributed by atoms with Crippen LogP contribution in [0.4, 0.5) is 17.5 Å². The van der Waals surface area contributed by atoms with Crippen LogP contribution in [0.2, 0.25) is 0 Å². The number of anilines is 1. The van der Waals surface area contributed by atoms with E-state index in [1.54, 1.807) is 12.1 Å². The maximum absolute atomic E-state index is 10.0. The molecule has 2 heterocycles. The van der Waals surface area contributed by atoms with Gasteiger partial charge in [-0.25, -0.2) is 14.7 Å². The molecule has 12 heteroatoms. The smallest absolute Gasteiger partial charge is 0.263 e. The molecule has 29 heavy (non-hydrogen) atoms. The van der Waals surface area contributed by atoms with Crippen molar-refractivity contribution in [2.24, 2.45) is 15.3 Å². The molecule has 4 N–H and O–H groups in total. The van der Waals surface area contributed by atoms with Gasteiger partial charge in [0.05, 0.1) is 11.9 Å². The van der Waals surface area contributed by atoms with Gasteiger partial charge in [-0.1, -0.05) is 30.3 Å². The van der Waals surface area contributed by atoms with E-state index >= 15 is 0 Å². The van der Waals surface area contributed by atoms with E-state index in [-0.39, 0.29) is 17.5 Å². The van der Waals surface area contributed by atoms with Gasteiger partial charge in [0, 0.05) is 11.1 Å². The Bertz CT molecular complexity index is 1170. The highest BCUT2D eigenvalue weighted by atomic mass is 16.6. The van der Waals surface area contributed by atoms with Crippen LogP contribution < -0.4 is 11.3 Å². The minimum Gasteiger partial charge on any atom is -0.507 e. The van der Waals surface area contributed by atoms with Gasteiger partial charge in [-0.15, -0.1) is 20.4 Å². The minimum absolute atomic E-state index is 0.0109. The molecule has 0 atom stereocenters. The monoisotopic (exact) mass is 390 g/mol. The van der Waals surface area contributed by atoms with Crippen molar-refractivity contribution in [2.75, 3.05) is 11.3 Å². The summed E-state index contributed by atoms with van der Waals surface area (Å²) in [5.41, 5.74) is 4.76. The first-order chi connectivity index (χ1) is 14.2. The van der Waals surface area contributed by atoms with Gasteiger partial charge in [-0.3, -0.25) is 0 Å². The highest BCUT2D eigenvalue weighted by Crippen LogP contribution is 2.29. The third kappa shape index (κ3) is 4.05. The van der Waals surface area contributed by atoms with Crippen LogP contribution in [0.5, 0.6) is 5.75 Å². The van der Waals surface area contributed by atoms with Crippen LogP contribution in [0.15, 0.2) is 74.8 Å². The number of rotatable bonds is 6. The van der Waals surface area contributed by atoms with E-state index in [1.807, 2.05) is 30.3 Å². The molecule has 0 aliphatic heterocycles. The first kappa shape index (κ1) is 17.8. The molecule has 4 rings (SSSR count). The fourth-order valence-corrected chi connectivity index (χ4v) is 2.32. The van der Waals surface area contributed by atoms with Gasteiger partial charge in [-0.2, -0.15) is 5.10 Å². The van der Waals surface area contributed by atoms with E-state index in [0.29, 0.717) is 16.9 Å². The summed E-state index contributed by atoms with van der Waals surface area (Å²) >= 11 is 0. The minimum atomic E-state index is 0.0109. The number of benzene rings is 2. The van der Waals surface area contributed by atoms with Gasteiger partial charge in [0.25, 0.3) is 5.95 Å². The standard InChI is InChI=1S/C17H14N10O2/c18-27-10-20-24-17(27)23-19-9-12-8-13(6-7-14(12)28)21-22-16-15(25-29-26-16)11-4-2-1-3-5-11/h1-10,28H,18H2,(H,23,24)/b19-9+,22-21?. The second kappa shape index (κ2) is 7.96. The van der Waals surface area contributed by atoms with E-state index in [1.165, 1.54) is 18.6 Å². The van der Waals surface area contributed by atoms with Gasteiger partial charge >= 0.3 is 0 Å². The number of hydrogen-bond donors (Lipinski definition) is 3. The normalized spacial score (nSPS) is 11.4. The lowest BCUT2D eigenvalue weighted by molar-refractivity contribution is 0.309. The Labute approximate surface area is 163 Å². The third-order valence-corrected chi connectivity index (χ3v) is 3.73. The summed E-state index contributed by atoms with van der Waals surface area (Å²) < 4.78 is 5.95. The van der Waals surface area contributed by atoms with E-state index in [0.717, 1.165) is 10.2 Å². The first-order valence-electron chi connectivity index (χ1n) is 8.27. The molecule has 12 nitrogen and oxygen atoms in total. The van der Waals surface area contributed by atoms with Gasteiger partial charge in [-0.05, 0) is 28.5 Å². The first-order valence-corrected chi connectivity index (χ1v) is 8.27. The molecule has 0 saturated carbocycles. The van der Waals surface area contributed by atoms with Crippen molar-refractivity contribution in [3.05, 3.63) is 60.4 Å². The molecule has 2 aromatic heterocycles. The number of phenolic OH excluding ortho intramolecular Hbond substituents is 1. The molecule has 4 aromatic rings. The molecule has 2 aromatic carbocycles. The number of hydrogen-bond acceptors (Lipinski definition) is 11. The molecule has 144 valence electrons. The number of nitrogens with zero attached hydrogens (tertiary/aromatic N) is 8. The summed E-state index contributed by atoms with van der Waals surface area (Å²) in [5, 5.41) is 37.2. The fraction of sp³-hybridized carbons (Fsp3) is 0. The largest absolute Gasteiger partial charge is 0.507 e. The molecule has 0 radical (unpaired) electrons. The summed E-state index contributed by atoms with van der Waals surface area (Å²) in [6.45, 7) is 0. The lowest BCUT2D eigenvalue weighted by Crippen LogP contribution is -2.10. The van der Waals surface area contributed by atoms with E-state index in [2.05, 4.69) is 41.3 Å². The molecular formula is C17H14N10O2. The maximum atomic E-state index is 10.0. The van der Waals surface area contributed by atoms with Crippen LogP contribution in [0.1, 0.15) is 5.56 Å². The third-order valence-electron chi connectivity index (χ3n) is 3.73. The van der Waals surface area contributed by atoms with Crippen molar-refractivity contribution < 1.29 is 9.74 Å². The molecule has 0 bridgehead atoms. The van der Waals surface area contributed by atoms with Crippen LogP contribution in [0.3, 0.4) is 0 Å². The quantitative estimate of drug-likeness (QED) is 0.195. The molecule has 0 fully saturated rings. The van der Waals surface area contributed by atoms with Crippen molar-refractivity contribution in [1.82, 2.24) is 25.2 Å². The Morgan fingerprint density at radius 3 is 2.76 bits per heavy atom. The van der Waals surface area contributed by atoms with Crippen LogP contribution in [0.25, 0.3) is 11.3 Å². The SMILES string of the molecule is Nn1cnnc1N/N=C/c1cc(N=Nc2nonc2-c2ccccc2)ccc1O. The Morgan fingerprint density at radius 1 is 1.10 bits per heavy atom. The average molecular weight is 390 g/mol. The lowest BCUT2D eigenvalue weighted by Gasteiger charge is -2.01. The molecule has 0 amide bonds. The number of phenols is 1. The van der Waals surface area contributed by atoms with Gasteiger partial charge in [0.2, 0.25) is 5.82 Å². The number of nitrogen functional groups attached to an aromatic ring is 1. The molecule has 0 saturated heterocycles. The molecule has 0 aliphatic rings. The highest BCUT2D eigenvalue weighted by Gasteiger charge is 2.11. The predicted molar refractivity (Wildman–Crippen MR) is 103 cm³/mol. The summed E-state index contributed by atoms with van der Waals surface area (Å²) in [6.07, 6.45) is 2.70. The fourth-order valence-electron chi connectivity index (χ4n) is 2.32. The van der Waals surface area contributed by atoms with Gasteiger partial charge < -0.3 is 10.9 Å². The summed E-state index contributed by atoms with van der Waals surface area (Å²) in [4.78, 5) is 0. The maximum Gasteiger partial charge on any atom is 0.263 e.